The summed E-state index contributed by atoms with van der Waals surface area (Å²) in [6.07, 6.45) is -56.5. The first-order valence-corrected chi connectivity index (χ1v) is 26.4. The first-order chi connectivity index (χ1) is 39.3. The summed E-state index contributed by atoms with van der Waals surface area (Å²) in [5.41, 5.74) is 1.44. The smallest absolute Gasteiger partial charge is 0.338 e. The molecule has 82 heavy (non-hydrogen) atoms. The molecule has 0 unspecified atom stereocenters. The number of hydrogen-bond donors (Lipinski definition) is 17. The summed E-state index contributed by atoms with van der Waals surface area (Å²) in [7, 11) is 0. The van der Waals surface area contributed by atoms with E-state index in [1.54, 1.807) is 18.2 Å². The van der Waals surface area contributed by atoms with Gasteiger partial charge < -0.3 is 148 Å². The normalized spacial score (nSPS) is 46.8. The summed E-state index contributed by atoms with van der Waals surface area (Å²) in [4.78, 5) is 14.0. The molecule has 460 valence electrons. The molecule has 16 fully saturated rings. The van der Waals surface area contributed by atoms with Gasteiger partial charge in [-0.3, -0.25) is 0 Å². The van der Waals surface area contributed by atoms with Crippen molar-refractivity contribution in [1.29, 1.82) is 0 Å². The van der Waals surface area contributed by atoms with Crippen LogP contribution in [-0.4, -0.2) is 317 Å². The lowest BCUT2D eigenvalue weighted by Crippen LogP contribution is -2.69. The average molecular weight is 1180 g/mol. The summed E-state index contributed by atoms with van der Waals surface area (Å²) in [6, 6.07) is 15.2. The second kappa shape index (κ2) is 27.5. The zero-order valence-electron chi connectivity index (χ0n) is 43.2. The zero-order valence-corrected chi connectivity index (χ0v) is 43.2. The molecule has 30 atom stereocenters. The van der Waals surface area contributed by atoms with Gasteiger partial charge in [-0.1, -0.05) is 54.6 Å². The molecule has 0 aliphatic carbocycles. The largest absolute Gasteiger partial charge is 0.450 e. The van der Waals surface area contributed by atoms with Gasteiger partial charge in [0.1, 0.15) is 140 Å². The first-order valence-electron chi connectivity index (χ1n) is 26.4. The topological polar surface area (TPSA) is 481 Å². The van der Waals surface area contributed by atoms with Gasteiger partial charge in [0, 0.05) is 0 Å². The summed E-state index contributed by atoms with van der Waals surface area (Å²) in [5.74, 6) is -1.13. The molecule has 31 heteroatoms. The van der Waals surface area contributed by atoms with Gasteiger partial charge in [0.05, 0.1) is 45.2 Å². The Morgan fingerprint density at radius 1 is 0.329 bits per heavy atom. The maximum atomic E-state index is 14.0. The van der Waals surface area contributed by atoms with E-state index < -0.39 is 230 Å². The predicted octanol–water partition coefficient (Wildman–Crippen LogP) is -9.02. The minimum atomic E-state index is -2.22. The quantitative estimate of drug-likeness (QED) is 0.0776. The van der Waals surface area contributed by atoms with Crippen molar-refractivity contribution in [3.63, 3.8) is 0 Å². The molecule has 16 aliphatic heterocycles. The lowest BCUT2D eigenvalue weighted by molar-refractivity contribution is -0.403. The van der Waals surface area contributed by atoms with Crippen molar-refractivity contribution < 1.29 is 153 Å². The van der Waals surface area contributed by atoms with Crippen LogP contribution in [-0.2, 0) is 61.6 Å². The molecule has 2 aromatic rings. The number of hydrogen-bond acceptors (Lipinski definition) is 31. The van der Waals surface area contributed by atoms with Crippen LogP contribution in [0.5, 0.6) is 0 Å². The molecule has 31 nitrogen and oxygen atoms in total. The van der Waals surface area contributed by atoms with Gasteiger partial charge in [-0.25, -0.2) is 4.79 Å². The molecule has 0 radical (unpaired) electrons. The van der Waals surface area contributed by atoms with Crippen molar-refractivity contribution in [2.75, 3.05) is 39.6 Å². The predicted molar refractivity (Wildman–Crippen MR) is 261 cm³/mol. The van der Waals surface area contributed by atoms with E-state index in [9.17, 15) is 91.6 Å². The van der Waals surface area contributed by atoms with E-state index in [0.29, 0.717) is 5.56 Å². The van der Waals surface area contributed by atoms with E-state index in [4.69, 9.17) is 61.6 Å². The highest BCUT2D eigenvalue weighted by atomic mass is 16.8. The van der Waals surface area contributed by atoms with Crippen molar-refractivity contribution in [2.24, 2.45) is 0 Å². The monoisotopic (exact) mass is 1180 g/mol. The van der Waals surface area contributed by atoms with E-state index in [1.807, 2.05) is 36.4 Å². The number of carbonyl (C=O) groups excluding carboxylic acids is 1. The zero-order chi connectivity index (χ0) is 58.8. The highest BCUT2D eigenvalue weighted by molar-refractivity contribution is 5.90. The fourth-order valence-corrected chi connectivity index (χ4v) is 10.7. The van der Waals surface area contributed by atoms with Gasteiger partial charge in [-0.05, 0) is 23.3 Å². The van der Waals surface area contributed by atoms with E-state index in [0.717, 1.165) is 5.56 Å². The number of rotatable bonds is 10. The molecule has 12 bridgehead atoms. The third-order valence-electron chi connectivity index (χ3n) is 15.3. The Balaban J connectivity index is 1.03. The Morgan fingerprint density at radius 3 is 0.878 bits per heavy atom. The van der Waals surface area contributed by atoms with Gasteiger partial charge in [0.15, 0.2) is 43.8 Å². The van der Waals surface area contributed by atoms with Crippen LogP contribution < -0.4 is 0 Å². The fourth-order valence-electron chi connectivity index (χ4n) is 10.7. The van der Waals surface area contributed by atoms with Crippen LogP contribution in [0.4, 0.5) is 0 Å². The molecule has 0 spiro atoms. The minimum absolute atomic E-state index is 0.0959. The number of carbonyl (C=O) groups is 1. The van der Waals surface area contributed by atoms with E-state index in [1.165, 1.54) is 12.1 Å². The summed E-state index contributed by atoms with van der Waals surface area (Å²) in [6.45, 7) is -6.23. The second-order valence-corrected chi connectivity index (χ2v) is 20.6. The summed E-state index contributed by atoms with van der Waals surface area (Å²) < 4.78 is 75.7. The van der Waals surface area contributed by atoms with Gasteiger partial charge >= 0.3 is 5.97 Å². The molecular weight excluding hydrogens is 1110 g/mol. The highest BCUT2D eigenvalue weighted by Crippen LogP contribution is 2.39. The molecular formula is C51H70O31. The van der Waals surface area contributed by atoms with Gasteiger partial charge in [0.25, 0.3) is 0 Å². The Kier molecular flexibility index (Phi) is 21.1. The Bertz CT molecular complexity index is 2350. The number of benzene rings is 2. The van der Waals surface area contributed by atoms with Crippen LogP contribution in [0.2, 0.25) is 0 Å². The standard InChI is InChI=1S/C51H70O31/c52-12-21-38-27(58)32(63)46(70-21)77-39-22(13-53)71-48(33(64)28(39)59)79-41-24(15-55)73-50(35(66)30(41)61)81-43-26(17-57)75-51(44(37(43)68)76-45(69)20-10-8-19(9-11-20)7-6-18-4-2-1-3-5-18)82-42-25(16-56)74-49(36(67)31(42)62)80-40-23(14-54)72-47(78-38)34(65)29(40)60/h1-11,21-44,46-68H,12-17H2/b7-6+/t21-,22-,23-,24-,25-,26-,27-,28-,29-,30-,31-,32-,33-,34-,35-,36-,37+,38-,39-,40-,41-,42-,43-,44-,46-,47-,48-,49-,50-,51-/m1/s1. The number of aliphatic hydroxyl groups is 17. The molecule has 0 amide bonds. The second-order valence-electron chi connectivity index (χ2n) is 20.6. The first kappa shape index (κ1) is 63.0. The minimum Gasteiger partial charge on any atom is -0.450 e. The molecule has 16 aliphatic rings. The maximum absolute atomic E-state index is 14.0. The highest BCUT2D eigenvalue weighted by Gasteiger charge is 2.59. The Hall–Kier alpha value is -3.51. The molecule has 16 heterocycles. The molecule has 0 aromatic heterocycles. The van der Waals surface area contributed by atoms with Gasteiger partial charge in [-0.15, -0.1) is 0 Å². The Labute approximate surface area is 465 Å². The van der Waals surface area contributed by atoms with E-state index in [-0.39, 0.29) is 5.56 Å². The fraction of sp³-hybridized carbons (Fsp3) is 0.706. The number of ether oxygens (including phenoxy) is 13. The van der Waals surface area contributed by atoms with Crippen molar-refractivity contribution >= 4 is 18.1 Å². The average Bonchev–Trinajstić information content (AvgIpc) is 3.66. The number of esters is 1. The van der Waals surface area contributed by atoms with E-state index in [2.05, 4.69) is 0 Å². The molecule has 16 saturated heterocycles. The van der Waals surface area contributed by atoms with Crippen LogP contribution in [0, 0.1) is 0 Å². The van der Waals surface area contributed by atoms with Crippen molar-refractivity contribution in [1.82, 2.24) is 0 Å². The molecule has 0 saturated carbocycles. The van der Waals surface area contributed by atoms with E-state index >= 15 is 0 Å². The van der Waals surface area contributed by atoms with Crippen LogP contribution in [0.1, 0.15) is 21.5 Å². The third kappa shape index (κ3) is 12.9. The molecule has 2 aromatic carbocycles. The number of aliphatic hydroxyl groups excluding tert-OH is 17. The lowest BCUT2D eigenvalue weighted by Gasteiger charge is -2.51. The Morgan fingerprint density at radius 2 is 0.585 bits per heavy atom. The molecule has 18 rings (SSSR count). The van der Waals surface area contributed by atoms with Crippen LogP contribution in [0.25, 0.3) is 12.2 Å². The van der Waals surface area contributed by atoms with Crippen LogP contribution in [0.15, 0.2) is 54.6 Å². The van der Waals surface area contributed by atoms with Crippen molar-refractivity contribution in [2.45, 2.75) is 184 Å². The van der Waals surface area contributed by atoms with Crippen molar-refractivity contribution in [3.05, 3.63) is 71.3 Å². The maximum Gasteiger partial charge on any atom is 0.338 e. The SMILES string of the molecule is O=C(O[C@H]1[C@H]2O[C@H]3[C@H](O)[C@@H](O)[C@@H](O[C@H]4[C@H](O)[C@@H](O)[C@@H](O[C@H]5[C@H](O)[C@@H](O)[C@@H](O[C@H]6[C@H](O)[C@@H](O)[C@@H](O[C@H]7[C@H](O)[C@@H](O)[C@@H](O[C@@H]([C@@H]1O)[C@@H](CO)O2)O[C@@H]7CO)O[C@@H]6CO)O[C@@H]5CO)O[C@@H]4CO)O[C@@H]3CO)c1ccc(/C=C/c2ccccc2)cc1. The van der Waals surface area contributed by atoms with Gasteiger partial charge in [0.2, 0.25) is 0 Å². The summed E-state index contributed by atoms with van der Waals surface area (Å²) >= 11 is 0. The van der Waals surface area contributed by atoms with Crippen LogP contribution in [0.3, 0.4) is 0 Å². The third-order valence-corrected chi connectivity index (χ3v) is 15.3. The van der Waals surface area contributed by atoms with Crippen molar-refractivity contribution in [3.8, 4) is 0 Å². The summed E-state index contributed by atoms with van der Waals surface area (Å²) in [5, 5.41) is 190. The molecule has 17 N–H and O–H groups in total. The van der Waals surface area contributed by atoms with Gasteiger partial charge in [-0.2, -0.15) is 0 Å². The van der Waals surface area contributed by atoms with Crippen LogP contribution >= 0.6 is 0 Å². The lowest BCUT2D eigenvalue weighted by atomic mass is 9.94.